The molecule has 1 atom stereocenters. The molecule has 0 bridgehead atoms. The molecular formula is C17H28N2. The van der Waals surface area contributed by atoms with Crippen molar-refractivity contribution < 1.29 is 0 Å². The molecule has 0 aromatic heterocycles. The lowest BCUT2D eigenvalue weighted by Gasteiger charge is -2.23. The van der Waals surface area contributed by atoms with Gasteiger partial charge in [0.05, 0.1) is 0 Å². The Kier molecular flexibility index (Phi) is 6.38. The number of nitrogens with zero attached hydrogens (tertiary/aromatic N) is 1. The van der Waals surface area contributed by atoms with Crippen molar-refractivity contribution in [2.24, 2.45) is 0 Å². The molecule has 19 heavy (non-hydrogen) atoms. The van der Waals surface area contributed by atoms with Crippen LogP contribution >= 0.6 is 0 Å². The molecule has 0 amide bonds. The zero-order valence-corrected chi connectivity index (χ0v) is 12.3. The third-order valence-electron chi connectivity index (χ3n) is 4.09. The summed E-state index contributed by atoms with van der Waals surface area (Å²) in [6.07, 6.45) is 6.41. The van der Waals surface area contributed by atoms with Gasteiger partial charge in [0.1, 0.15) is 0 Å². The van der Waals surface area contributed by atoms with Crippen LogP contribution in [-0.2, 0) is 6.42 Å². The van der Waals surface area contributed by atoms with E-state index in [2.05, 4.69) is 47.5 Å². The van der Waals surface area contributed by atoms with E-state index in [1.54, 1.807) is 0 Å². The molecule has 1 heterocycles. The second kappa shape index (κ2) is 8.34. The van der Waals surface area contributed by atoms with Crippen LogP contribution in [0, 0.1) is 0 Å². The molecule has 1 aromatic rings. The summed E-state index contributed by atoms with van der Waals surface area (Å²) in [5.41, 5.74) is 1.48. The van der Waals surface area contributed by atoms with E-state index in [1.807, 2.05) is 0 Å². The van der Waals surface area contributed by atoms with Crippen LogP contribution in [0.1, 0.15) is 38.2 Å². The standard InChI is InChI=1S/C17H28N2/c1-2-17-15-19(14-8-12-18-17)13-7-6-11-16-9-4-3-5-10-16/h3-5,9-10,17-18H,2,6-8,11-15H2,1H3. The van der Waals surface area contributed by atoms with Gasteiger partial charge in [-0.15, -0.1) is 0 Å². The van der Waals surface area contributed by atoms with Crippen molar-refractivity contribution in [1.82, 2.24) is 10.2 Å². The third kappa shape index (κ3) is 5.33. The summed E-state index contributed by atoms with van der Waals surface area (Å²) in [5.74, 6) is 0. The van der Waals surface area contributed by atoms with Gasteiger partial charge in [0.25, 0.3) is 0 Å². The molecule has 1 unspecified atom stereocenters. The minimum Gasteiger partial charge on any atom is -0.313 e. The third-order valence-corrected chi connectivity index (χ3v) is 4.09. The highest BCUT2D eigenvalue weighted by atomic mass is 15.2. The molecule has 1 aliphatic rings. The number of aryl methyl sites for hydroxylation is 1. The Hall–Kier alpha value is -0.860. The van der Waals surface area contributed by atoms with Crippen molar-refractivity contribution in [3.8, 4) is 0 Å². The van der Waals surface area contributed by atoms with E-state index >= 15 is 0 Å². The Labute approximate surface area is 118 Å². The first-order valence-electron chi connectivity index (χ1n) is 7.88. The van der Waals surface area contributed by atoms with Crippen LogP contribution in [0.15, 0.2) is 30.3 Å². The zero-order valence-electron chi connectivity index (χ0n) is 12.3. The van der Waals surface area contributed by atoms with Gasteiger partial charge in [-0.05, 0) is 57.3 Å². The van der Waals surface area contributed by atoms with Gasteiger partial charge in [0.15, 0.2) is 0 Å². The predicted octanol–water partition coefficient (Wildman–Crippen LogP) is 3.08. The quantitative estimate of drug-likeness (QED) is 0.791. The number of benzene rings is 1. The van der Waals surface area contributed by atoms with Crippen LogP contribution in [-0.4, -0.2) is 37.1 Å². The fourth-order valence-corrected chi connectivity index (χ4v) is 2.86. The topological polar surface area (TPSA) is 15.3 Å². The van der Waals surface area contributed by atoms with Crippen LogP contribution in [0.25, 0.3) is 0 Å². The van der Waals surface area contributed by atoms with Crippen molar-refractivity contribution in [3.05, 3.63) is 35.9 Å². The Morgan fingerprint density at radius 1 is 1.21 bits per heavy atom. The van der Waals surface area contributed by atoms with Gasteiger partial charge in [-0.2, -0.15) is 0 Å². The molecule has 1 saturated heterocycles. The van der Waals surface area contributed by atoms with E-state index < -0.39 is 0 Å². The van der Waals surface area contributed by atoms with E-state index in [4.69, 9.17) is 0 Å². The van der Waals surface area contributed by atoms with Crippen molar-refractivity contribution in [2.75, 3.05) is 26.2 Å². The predicted molar refractivity (Wildman–Crippen MR) is 82.5 cm³/mol. The van der Waals surface area contributed by atoms with Crippen molar-refractivity contribution in [1.29, 1.82) is 0 Å². The first-order chi connectivity index (χ1) is 9.38. The van der Waals surface area contributed by atoms with Gasteiger partial charge in [-0.1, -0.05) is 37.3 Å². The van der Waals surface area contributed by atoms with Gasteiger partial charge in [0.2, 0.25) is 0 Å². The lowest BCUT2D eigenvalue weighted by molar-refractivity contribution is 0.260. The Balaban J connectivity index is 1.64. The van der Waals surface area contributed by atoms with Gasteiger partial charge < -0.3 is 10.2 Å². The van der Waals surface area contributed by atoms with Crippen molar-refractivity contribution in [2.45, 2.75) is 45.1 Å². The molecule has 1 aromatic carbocycles. The summed E-state index contributed by atoms with van der Waals surface area (Å²) in [4.78, 5) is 2.65. The largest absolute Gasteiger partial charge is 0.313 e. The lowest BCUT2D eigenvalue weighted by Crippen LogP contribution is -2.37. The second-order valence-electron chi connectivity index (χ2n) is 5.66. The second-order valence-corrected chi connectivity index (χ2v) is 5.66. The molecule has 0 radical (unpaired) electrons. The van der Waals surface area contributed by atoms with E-state index in [1.165, 1.54) is 63.8 Å². The molecule has 1 fully saturated rings. The smallest absolute Gasteiger partial charge is 0.0192 e. The van der Waals surface area contributed by atoms with E-state index in [0.717, 1.165) is 0 Å². The number of rotatable bonds is 6. The summed E-state index contributed by atoms with van der Waals surface area (Å²) in [7, 11) is 0. The molecule has 0 spiro atoms. The maximum atomic E-state index is 3.64. The molecule has 0 aliphatic carbocycles. The summed E-state index contributed by atoms with van der Waals surface area (Å²) in [6.45, 7) is 7.26. The zero-order chi connectivity index (χ0) is 13.3. The number of hydrogen-bond acceptors (Lipinski definition) is 2. The molecule has 0 saturated carbocycles. The summed E-state index contributed by atoms with van der Waals surface area (Å²) >= 11 is 0. The van der Waals surface area contributed by atoms with Crippen LogP contribution in [0.4, 0.5) is 0 Å². The molecule has 2 nitrogen and oxygen atoms in total. The molecule has 106 valence electrons. The molecule has 1 aliphatic heterocycles. The van der Waals surface area contributed by atoms with Crippen molar-refractivity contribution in [3.63, 3.8) is 0 Å². The first kappa shape index (κ1) is 14.5. The fourth-order valence-electron chi connectivity index (χ4n) is 2.86. The maximum absolute atomic E-state index is 3.64. The lowest BCUT2D eigenvalue weighted by atomic mass is 10.1. The van der Waals surface area contributed by atoms with E-state index in [9.17, 15) is 0 Å². The normalized spacial score (nSPS) is 21.2. The Morgan fingerprint density at radius 2 is 2.05 bits per heavy atom. The molecule has 2 rings (SSSR count). The minimum atomic E-state index is 0.705. The van der Waals surface area contributed by atoms with Gasteiger partial charge in [-0.25, -0.2) is 0 Å². The van der Waals surface area contributed by atoms with E-state index in [0.29, 0.717) is 6.04 Å². The van der Waals surface area contributed by atoms with Gasteiger partial charge in [0, 0.05) is 12.6 Å². The Bertz CT molecular complexity index is 336. The molecule has 1 N–H and O–H groups in total. The molecular weight excluding hydrogens is 232 g/mol. The monoisotopic (exact) mass is 260 g/mol. The van der Waals surface area contributed by atoms with Gasteiger partial charge >= 0.3 is 0 Å². The van der Waals surface area contributed by atoms with Crippen LogP contribution in [0.2, 0.25) is 0 Å². The Morgan fingerprint density at radius 3 is 2.84 bits per heavy atom. The number of unbranched alkanes of at least 4 members (excludes halogenated alkanes) is 1. The van der Waals surface area contributed by atoms with Crippen LogP contribution in [0.3, 0.4) is 0 Å². The summed E-state index contributed by atoms with van der Waals surface area (Å²) < 4.78 is 0. The average Bonchev–Trinajstić information content (AvgIpc) is 2.70. The highest BCUT2D eigenvalue weighted by Gasteiger charge is 2.15. The van der Waals surface area contributed by atoms with Crippen molar-refractivity contribution >= 4 is 0 Å². The maximum Gasteiger partial charge on any atom is 0.0192 e. The fraction of sp³-hybridized carbons (Fsp3) is 0.647. The van der Waals surface area contributed by atoms with Gasteiger partial charge in [-0.3, -0.25) is 0 Å². The summed E-state index contributed by atoms with van der Waals surface area (Å²) in [5, 5.41) is 3.64. The highest BCUT2D eigenvalue weighted by molar-refractivity contribution is 5.14. The molecule has 2 heteroatoms. The minimum absolute atomic E-state index is 0.705. The average molecular weight is 260 g/mol. The summed E-state index contributed by atoms with van der Waals surface area (Å²) in [6, 6.07) is 11.6. The van der Waals surface area contributed by atoms with Crippen LogP contribution < -0.4 is 5.32 Å². The SMILES string of the molecule is CCC1CN(CCCCc2ccccc2)CCCN1. The number of nitrogens with one attached hydrogen (secondary N) is 1. The first-order valence-corrected chi connectivity index (χ1v) is 7.88. The number of hydrogen-bond donors (Lipinski definition) is 1. The highest BCUT2D eigenvalue weighted by Crippen LogP contribution is 2.08. The van der Waals surface area contributed by atoms with Crippen LogP contribution in [0.5, 0.6) is 0 Å². The van der Waals surface area contributed by atoms with E-state index in [-0.39, 0.29) is 0 Å².